The second-order valence-electron chi connectivity index (χ2n) is 5.97. The zero-order valence-corrected chi connectivity index (χ0v) is 14.0. The number of carbonyl (C=O) groups is 1. The van der Waals surface area contributed by atoms with E-state index in [0.717, 1.165) is 28.8 Å². The molecule has 3 aromatic rings. The molecule has 1 amide bonds. The molecule has 0 bridgehead atoms. The molecule has 1 heterocycles. The maximum absolute atomic E-state index is 12.4. The number of pyridine rings is 1. The molecule has 122 valence electrons. The minimum absolute atomic E-state index is 0.0138. The zero-order chi connectivity index (χ0) is 16.9. The van der Waals surface area contributed by atoms with Crippen LogP contribution in [0.3, 0.4) is 0 Å². The number of rotatable bonds is 5. The van der Waals surface area contributed by atoms with Crippen molar-refractivity contribution in [2.75, 3.05) is 24.3 Å². The molecule has 3 rings (SSSR count). The number of anilines is 2. The van der Waals surface area contributed by atoms with Crippen molar-refractivity contribution in [3.63, 3.8) is 0 Å². The van der Waals surface area contributed by atoms with Crippen molar-refractivity contribution >= 4 is 28.3 Å². The van der Waals surface area contributed by atoms with Gasteiger partial charge in [-0.2, -0.15) is 0 Å². The van der Waals surface area contributed by atoms with Crippen LogP contribution in [0.5, 0.6) is 0 Å². The lowest BCUT2D eigenvalue weighted by atomic mass is 10.1. The van der Waals surface area contributed by atoms with Crippen molar-refractivity contribution < 1.29 is 4.79 Å². The second-order valence-corrected chi connectivity index (χ2v) is 5.97. The van der Waals surface area contributed by atoms with Gasteiger partial charge in [0.15, 0.2) is 0 Å². The molecule has 1 N–H and O–H groups in total. The molecule has 4 heteroatoms. The molecule has 4 nitrogen and oxygen atoms in total. The first-order valence-electron chi connectivity index (χ1n) is 8.04. The minimum atomic E-state index is 0.0138. The molecule has 24 heavy (non-hydrogen) atoms. The summed E-state index contributed by atoms with van der Waals surface area (Å²) >= 11 is 0. The summed E-state index contributed by atoms with van der Waals surface area (Å²) in [5, 5.41) is 4.00. The number of para-hydroxylation sites is 1. The Labute approximate surface area is 142 Å². The number of carbonyl (C=O) groups excluding carboxylic acids is 1. The predicted molar refractivity (Wildman–Crippen MR) is 99.5 cm³/mol. The van der Waals surface area contributed by atoms with Crippen LogP contribution in [0.1, 0.15) is 12.0 Å². The van der Waals surface area contributed by atoms with Gasteiger partial charge in [0.1, 0.15) is 5.82 Å². The number of hydrogen-bond donors (Lipinski definition) is 1. The first kappa shape index (κ1) is 16.0. The topological polar surface area (TPSA) is 45.2 Å². The third-order valence-corrected chi connectivity index (χ3v) is 3.92. The fraction of sp³-hybridized carbons (Fsp3) is 0.200. The lowest BCUT2D eigenvalue weighted by molar-refractivity contribution is -0.116. The quantitative estimate of drug-likeness (QED) is 0.776. The van der Waals surface area contributed by atoms with Gasteiger partial charge in [0.05, 0.1) is 11.2 Å². The standard InChI is InChI=1S/C20H21N3O/c1-23(2)19-14-18(16-10-6-7-11-17(16)21-19)22-20(24)13-12-15-8-4-3-5-9-15/h3-11,14H,12-13H2,1-2H3,(H,21,22,24). The van der Waals surface area contributed by atoms with Crippen LogP contribution >= 0.6 is 0 Å². The lowest BCUT2D eigenvalue weighted by Gasteiger charge is -2.15. The second kappa shape index (κ2) is 7.13. The molecule has 2 aromatic carbocycles. The summed E-state index contributed by atoms with van der Waals surface area (Å²) in [6.07, 6.45) is 1.19. The summed E-state index contributed by atoms with van der Waals surface area (Å²) in [4.78, 5) is 18.9. The number of aromatic nitrogens is 1. The van der Waals surface area contributed by atoms with Gasteiger partial charge in [-0.1, -0.05) is 48.5 Å². The molecular weight excluding hydrogens is 298 g/mol. The van der Waals surface area contributed by atoms with Crippen LogP contribution in [0.4, 0.5) is 11.5 Å². The Bertz CT molecular complexity index is 844. The van der Waals surface area contributed by atoms with Gasteiger partial charge in [-0.05, 0) is 18.1 Å². The van der Waals surface area contributed by atoms with Gasteiger partial charge in [-0.3, -0.25) is 4.79 Å². The number of benzene rings is 2. The summed E-state index contributed by atoms with van der Waals surface area (Å²) in [6.45, 7) is 0. The molecule has 0 aliphatic rings. The Morgan fingerprint density at radius 2 is 1.75 bits per heavy atom. The van der Waals surface area contributed by atoms with Crippen molar-refractivity contribution in [2.24, 2.45) is 0 Å². The van der Waals surface area contributed by atoms with E-state index in [0.29, 0.717) is 6.42 Å². The average Bonchev–Trinajstić information content (AvgIpc) is 2.60. The van der Waals surface area contributed by atoms with Crippen LogP contribution in [0.15, 0.2) is 60.7 Å². The first-order chi connectivity index (χ1) is 11.6. The molecule has 0 atom stereocenters. The van der Waals surface area contributed by atoms with Crippen LogP contribution in [-0.4, -0.2) is 25.0 Å². The Morgan fingerprint density at radius 3 is 2.50 bits per heavy atom. The highest BCUT2D eigenvalue weighted by Gasteiger charge is 2.10. The van der Waals surface area contributed by atoms with Crippen molar-refractivity contribution in [1.29, 1.82) is 0 Å². The van der Waals surface area contributed by atoms with Gasteiger partial charge in [-0.25, -0.2) is 4.98 Å². The minimum Gasteiger partial charge on any atom is -0.363 e. The van der Waals surface area contributed by atoms with E-state index in [4.69, 9.17) is 0 Å². The summed E-state index contributed by atoms with van der Waals surface area (Å²) in [5.74, 6) is 0.840. The molecule has 0 saturated carbocycles. The monoisotopic (exact) mass is 319 g/mol. The highest BCUT2D eigenvalue weighted by atomic mass is 16.1. The highest BCUT2D eigenvalue weighted by Crippen LogP contribution is 2.26. The smallest absolute Gasteiger partial charge is 0.224 e. The third-order valence-electron chi connectivity index (χ3n) is 3.92. The highest BCUT2D eigenvalue weighted by molar-refractivity contribution is 6.02. The van der Waals surface area contributed by atoms with E-state index in [1.807, 2.05) is 79.7 Å². The molecule has 1 aromatic heterocycles. The summed E-state index contributed by atoms with van der Waals surface area (Å²) < 4.78 is 0. The molecular formula is C20H21N3O. The first-order valence-corrected chi connectivity index (χ1v) is 8.04. The molecule has 0 aliphatic carbocycles. The van der Waals surface area contributed by atoms with Crippen LogP contribution < -0.4 is 10.2 Å². The van der Waals surface area contributed by atoms with E-state index in [1.165, 1.54) is 5.56 Å². The average molecular weight is 319 g/mol. The fourth-order valence-electron chi connectivity index (χ4n) is 2.61. The fourth-order valence-corrected chi connectivity index (χ4v) is 2.61. The Balaban J connectivity index is 1.79. The van der Waals surface area contributed by atoms with E-state index in [2.05, 4.69) is 10.3 Å². The summed E-state index contributed by atoms with van der Waals surface area (Å²) in [7, 11) is 3.89. The maximum atomic E-state index is 12.4. The molecule has 0 spiro atoms. The van der Waals surface area contributed by atoms with Crippen molar-refractivity contribution in [2.45, 2.75) is 12.8 Å². The number of aryl methyl sites for hydroxylation is 1. The maximum Gasteiger partial charge on any atom is 0.224 e. The SMILES string of the molecule is CN(C)c1cc(NC(=O)CCc2ccccc2)c2ccccc2n1. The van der Waals surface area contributed by atoms with Crippen LogP contribution in [0.2, 0.25) is 0 Å². The molecule has 0 fully saturated rings. The van der Waals surface area contributed by atoms with Crippen LogP contribution in [-0.2, 0) is 11.2 Å². The zero-order valence-electron chi connectivity index (χ0n) is 14.0. The Kier molecular flexibility index (Phi) is 4.75. The summed E-state index contributed by atoms with van der Waals surface area (Å²) in [6, 6.07) is 19.8. The van der Waals surface area contributed by atoms with E-state index < -0.39 is 0 Å². The lowest BCUT2D eigenvalue weighted by Crippen LogP contribution is -2.15. The van der Waals surface area contributed by atoms with E-state index in [9.17, 15) is 4.79 Å². The molecule has 0 saturated heterocycles. The number of nitrogens with one attached hydrogen (secondary N) is 1. The van der Waals surface area contributed by atoms with Crippen molar-refractivity contribution in [1.82, 2.24) is 4.98 Å². The van der Waals surface area contributed by atoms with E-state index in [-0.39, 0.29) is 5.91 Å². The molecule has 0 radical (unpaired) electrons. The largest absolute Gasteiger partial charge is 0.363 e. The van der Waals surface area contributed by atoms with Gasteiger partial charge in [-0.15, -0.1) is 0 Å². The van der Waals surface area contributed by atoms with Gasteiger partial charge >= 0.3 is 0 Å². The molecule has 0 unspecified atom stereocenters. The summed E-state index contributed by atoms with van der Waals surface area (Å²) in [5.41, 5.74) is 2.85. The third kappa shape index (κ3) is 3.71. The van der Waals surface area contributed by atoms with E-state index in [1.54, 1.807) is 0 Å². The predicted octanol–water partition coefficient (Wildman–Crippen LogP) is 3.87. The van der Waals surface area contributed by atoms with Gasteiger partial charge in [0.25, 0.3) is 0 Å². The Hall–Kier alpha value is -2.88. The van der Waals surface area contributed by atoms with Gasteiger partial charge in [0.2, 0.25) is 5.91 Å². The van der Waals surface area contributed by atoms with E-state index >= 15 is 0 Å². The number of fused-ring (bicyclic) bond motifs is 1. The number of amides is 1. The van der Waals surface area contributed by atoms with Crippen LogP contribution in [0, 0.1) is 0 Å². The Morgan fingerprint density at radius 1 is 1.04 bits per heavy atom. The van der Waals surface area contributed by atoms with Crippen molar-refractivity contribution in [3.8, 4) is 0 Å². The van der Waals surface area contributed by atoms with Crippen LogP contribution in [0.25, 0.3) is 10.9 Å². The number of hydrogen-bond acceptors (Lipinski definition) is 3. The molecule has 0 aliphatic heterocycles. The number of nitrogens with zero attached hydrogens (tertiary/aromatic N) is 2. The normalized spacial score (nSPS) is 10.6. The van der Waals surface area contributed by atoms with Gasteiger partial charge in [0, 0.05) is 32.0 Å². The van der Waals surface area contributed by atoms with Crippen molar-refractivity contribution in [3.05, 3.63) is 66.2 Å². The van der Waals surface area contributed by atoms with Gasteiger partial charge < -0.3 is 10.2 Å².